The van der Waals surface area contributed by atoms with Gasteiger partial charge >= 0.3 is 6.09 Å². The maximum atomic E-state index is 13.8. The van der Waals surface area contributed by atoms with Crippen LogP contribution in [0.15, 0.2) is 72.4 Å². The van der Waals surface area contributed by atoms with Crippen LogP contribution in [0.25, 0.3) is 0 Å². The predicted molar refractivity (Wildman–Crippen MR) is 132 cm³/mol. The number of carbonyl (C=O) groups is 7. The molecule has 0 spiro atoms. The first-order valence-electron chi connectivity index (χ1n) is 12.1. The first kappa shape index (κ1) is 24.7. The molecule has 2 aromatic carbocycles. The van der Waals surface area contributed by atoms with Gasteiger partial charge in [0.15, 0.2) is 0 Å². The van der Waals surface area contributed by atoms with E-state index in [1.165, 1.54) is 24.3 Å². The molecule has 200 valence electrons. The summed E-state index contributed by atoms with van der Waals surface area (Å²) in [6, 6.07) is 12.2. The molecule has 0 saturated carbocycles. The number of nitrogens with zero attached hydrogens (tertiary/aromatic N) is 4. The topological polar surface area (TPSA) is 151 Å². The molecule has 4 aliphatic rings. The van der Waals surface area contributed by atoms with Crippen molar-refractivity contribution in [3.63, 3.8) is 0 Å². The highest BCUT2D eigenvalue weighted by Gasteiger charge is 2.48. The predicted octanol–water partition coefficient (Wildman–Crippen LogP) is 2.36. The monoisotopic (exact) mass is 542 g/mol. The zero-order chi connectivity index (χ0) is 28.3. The van der Waals surface area contributed by atoms with Crippen LogP contribution in [0, 0.1) is 0 Å². The largest absolute Gasteiger partial charge is 0.444 e. The van der Waals surface area contributed by atoms with Crippen LogP contribution in [0.1, 0.15) is 46.4 Å². The van der Waals surface area contributed by atoms with Crippen LogP contribution in [-0.4, -0.2) is 51.4 Å². The molecule has 5 amide bonds. The number of carbonyl (C=O) groups excluding carboxylic acids is 7. The molecule has 2 fully saturated rings. The molecule has 6 rings (SSSR count). The number of allylic oxidation sites excluding steroid dienone is 2. The SMILES string of the molecule is C=C(ON1C(=O)CCC1=O)N1/C(=C2\C(=O)c3ccccc3N2C(=O)ON2C(=O)CCC2=O)C(=O)c2ccccc21. The minimum Gasteiger partial charge on any atom is -0.351 e. The standard InChI is InChI=1S/C27H18N4O9/c1-14(39-30-19(32)10-11-20(30)33)28-17-8-4-2-6-15(17)25(36)23(28)24-26(37)16-7-3-5-9-18(16)29(24)27(38)40-31-21(34)12-13-22(31)35/h2-9H,1,10-13H2/b24-23+. The van der Waals surface area contributed by atoms with E-state index in [0.717, 1.165) is 9.80 Å². The fourth-order valence-corrected chi connectivity index (χ4v) is 4.88. The minimum atomic E-state index is -1.29. The second-order valence-electron chi connectivity index (χ2n) is 9.07. The smallest absolute Gasteiger partial charge is 0.351 e. The summed E-state index contributed by atoms with van der Waals surface area (Å²) in [6.45, 7) is 3.80. The van der Waals surface area contributed by atoms with Crippen LogP contribution < -0.4 is 9.80 Å². The third-order valence-corrected chi connectivity index (χ3v) is 6.69. The van der Waals surface area contributed by atoms with E-state index in [4.69, 9.17) is 9.68 Å². The van der Waals surface area contributed by atoms with Gasteiger partial charge in [-0.15, -0.1) is 10.1 Å². The molecule has 0 bridgehead atoms. The van der Waals surface area contributed by atoms with E-state index in [1.807, 2.05) is 0 Å². The molecular weight excluding hydrogens is 524 g/mol. The van der Waals surface area contributed by atoms with E-state index in [9.17, 15) is 33.6 Å². The van der Waals surface area contributed by atoms with Crippen molar-refractivity contribution in [3.8, 4) is 0 Å². The zero-order valence-corrected chi connectivity index (χ0v) is 20.6. The molecule has 2 aromatic rings. The highest BCUT2D eigenvalue weighted by molar-refractivity contribution is 6.31. The number of hydrogen-bond acceptors (Lipinski definition) is 10. The van der Waals surface area contributed by atoms with Gasteiger partial charge in [-0.25, -0.2) is 9.69 Å². The number of hydroxylamine groups is 4. The Bertz CT molecular complexity index is 1490. The van der Waals surface area contributed by atoms with Crippen LogP contribution >= 0.6 is 0 Å². The molecule has 13 heteroatoms. The average molecular weight is 542 g/mol. The summed E-state index contributed by atoms with van der Waals surface area (Å²) in [4.78, 5) is 102. The quantitative estimate of drug-likeness (QED) is 0.320. The van der Waals surface area contributed by atoms with Gasteiger partial charge in [0.1, 0.15) is 11.4 Å². The number of Topliss-reactive ketones (excluding diaryl/α,β-unsaturated/α-hetero) is 2. The lowest BCUT2D eigenvalue weighted by molar-refractivity contribution is -0.176. The number of amides is 5. The van der Waals surface area contributed by atoms with E-state index in [-0.39, 0.29) is 59.8 Å². The summed E-state index contributed by atoms with van der Waals surface area (Å²) < 4.78 is 0. The number of anilines is 2. The van der Waals surface area contributed by atoms with Crippen molar-refractivity contribution >= 4 is 52.7 Å². The normalized spacial score (nSPS) is 20.1. The maximum Gasteiger partial charge on any atom is 0.444 e. The number of imide groups is 2. The molecule has 0 aliphatic carbocycles. The first-order chi connectivity index (χ1) is 19.2. The summed E-state index contributed by atoms with van der Waals surface area (Å²) in [6.07, 6.45) is -1.73. The van der Waals surface area contributed by atoms with Gasteiger partial charge in [0.05, 0.1) is 11.4 Å². The van der Waals surface area contributed by atoms with Gasteiger partial charge < -0.3 is 9.68 Å². The number of para-hydroxylation sites is 2. The molecule has 0 radical (unpaired) electrons. The number of ketones is 2. The van der Waals surface area contributed by atoms with E-state index < -0.39 is 47.0 Å². The summed E-state index contributed by atoms with van der Waals surface area (Å²) >= 11 is 0. The van der Waals surface area contributed by atoms with E-state index in [1.54, 1.807) is 24.3 Å². The summed E-state index contributed by atoms with van der Waals surface area (Å²) in [7, 11) is 0. The Kier molecular flexibility index (Phi) is 5.57. The van der Waals surface area contributed by atoms with Crippen molar-refractivity contribution in [2.75, 3.05) is 9.80 Å². The molecule has 40 heavy (non-hydrogen) atoms. The third kappa shape index (κ3) is 3.59. The van der Waals surface area contributed by atoms with Crippen LogP contribution in [-0.2, 0) is 28.9 Å². The molecule has 0 N–H and O–H groups in total. The van der Waals surface area contributed by atoms with Gasteiger partial charge in [0, 0.05) is 36.8 Å². The van der Waals surface area contributed by atoms with Crippen LogP contribution in [0.4, 0.5) is 16.2 Å². The molecule has 0 aromatic heterocycles. The molecule has 4 aliphatic heterocycles. The Balaban J connectivity index is 1.49. The fourth-order valence-electron chi connectivity index (χ4n) is 4.88. The van der Waals surface area contributed by atoms with Crippen molar-refractivity contribution in [1.82, 2.24) is 10.1 Å². The number of rotatable bonds is 4. The summed E-state index contributed by atoms with van der Waals surface area (Å²) in [5.74, 6) is -4.51. The number of hydrogen-bond donors (Lipinski definition) is 0. The second kappa shape index (κ2) is 9.01. The van der Waals surface area contributed by atoms with Gasteiger partial charge in [0.25, 0.3) is 23.6 Å². The van der Waals surface area contributed by atoms with Crippen LogP contribution in [0.2, 0.25) is 0 Å². The van der Waals surface area contributed by atoms with Crippen molar-refractivity contribution < 1.29 is 43.2 Å². The fraction of sp³-hybridized carbons (Fsp3) is 0.148. The summed E-state index contributed by atoms with van der Waals surface area (Å²) in [5.41, 5.74) is -0.421. The molecule has 13 nitrogen and oxygen atoms in total. The lowest BCUT2D eigenvalue weighted by atomic mass is 10.1. The minimum absolute atomic E-state index is 0.0410. The highest BCUT2D eigenvalue weighted by Crippen LogP contribution is 2.44. The van der Waals surface area contributed by atoms with E-state index in [2.05, 4.69) is 6.58 Å². The van der Waals surface area contributed by atoms with Crippen molar-refractivity contribution in [3.05, 3.63) is 83.5 Å². The average Bonchev–Trinajstić information content (AvgIpc) is 3.63. The Labute approximate surface area is 225 Å². The Hall–Kier alpha value is -5.59. The van der Waals surface area contributed by atoms with Gasteiger partial charge in [0.2, 0.25) is 17.4 Å². The van der Waals surface area contributed by atoms with Crippen molar-refractivity contribution in [2.24, 2.45) is 0 Å². The first-order valence-corrected chi connectivity index (χ1v) is 12.1. The van der Waals surface area contributed by atoms with E-state index >= 15 is 0 Å². The second-order valence-corrected chi connectivity index (χ2v) is 9.07. The van der Waals surface area contributed by atoms with Gasteiger partial charge in [-0.2, -0.15) is 0 Å². The van der Waals surface area contributed by atoms with E-state index in [0.29, 0.717) is 10.1 Å². The van der Waals surface area contributed by atoms with Crippen molar-refractivity contribution in [2.45, 2.75) is 25.7 Å². The highest BCUT2D eigenvalue weighted by atomic mass is 16.7. The van der Waals surface area contributed by atoms with Gasteiger partial charge in [-0.05, 0) is 30.8 Å². The van der Waals surface area contributed by atoms with Crippen LogP contribution in [0.5, 0.6) is 0 Å². The molecule has 2 saturated heterocycles. The van der Waals surface area contributed by atoms with Crippen molar-refractivity contribution in [1.29, 1.82) is 0 Å². The number of fused-ring (bicyclic) bond motifs is 2. The Morgan fingerprint density at radius 1 is 0.600 bits per heavy atom. The third-order valence-electron chi connectivity index (χ3n) is 6.69. The Morgan fingerprint density at radius 3 is 1.50 bits per heavy atom. The molecule has 4 heterocycles. The van der Waals surface area contributed by atoms with Gasteiger partial charge in [-0.3, -0.25) is 33.7 Å². The maximum absolute atomic E-state index is 13.8. The zero-order valence-electron chi connectivity index (χ0n) is 20.6. The van der Waals surface area contributed by atoms with Crippen LogP contribution in [0.3, 0.4) is 0 Å². The van der Waals surface area contributed by atoms with Gasteiger partial charge in [-0.1, -0.05) is 24.3 Å². The molecule has 0 unspecified atom stereocenters. The molecule has 0 atom stereocenters. The lowest BCUT2D eigenvalue weighted by Gasteiger charge is -2.27. The molecular formula is C27H18N4O9. The number of benzene rings is 2. The Morgan fingerprint density at radius 2 is 1.00 bits per heavy atom. The lowest BCUT2D eigenvalue weighted by Crippen LogP contribution is -2.41. The summed E-state index contributed by atoms with van der Waals surface area (Å²) in [5, 5.41) is 0.851.